The molecule has 0 atom stereocenters. The summed E-state index contributed by atoms with van der Waals surface area (Å²) < 4.78 is 0. The summed E-state index contributed by atoms with van der Waals surface area (Å²) in [7, 11) is 0. The van der Waals surface area contributed by atoms with Crippen molar-refractivity contribution in [3.8, 4) is 0 Å². The topological polar surface area (TPSA) is 20.3 Å². The van der Waals surface area contributed by atoms with Gasteiger partial charge in [0.25, 0.3) is 0 Å². The summed E-state index contributed by atoms with van der Waals surface area (Å²) in [6.07, 6.45) is 2.66. The predicted octanol–water partition coefficient (Wildman–Crippen LogP) is 2.54. The number of nitrogens with zero attached hydrogens (tertiary/aromatic N) is 1. The van der Waals surface area contributed by atoms with Gasteiger partial charge >= 0.3 is 0 Å². The molecular weight excluding hydrogens is 218 g/mol. The summed E-state index contributed by atoms with van der Waals surface area (Å²) >= 11 is 1.85. The molecule has 0 aliphatic carbocycles. The van der Waals surface area contributed by atoms with Gasteiger partial charge in [-0.15, -0.1) is 11.8 Å². The van der Waals surface area contributed by atoms with Gasteiger partial charge in [-0.1, -0.05) is 30.3 Å². The van der Waals surface area contributed by atoms with Crippen LogP contribution in [0, 0.1) is 0 Å². The summed E-state index contributed by atoms with van der Waals surface area (Å²) in [5.41, 5.74) is 1.33. The average Bonchev–Trinajstić information content (AvgIpc) is 2.84. The van der Waals surface area contributed by atoms with E-state index in [1.807, 2.05) is 34.9 Å². The monoisotopic (exact) mass is 235 g/mol. The van der Waals surface area contributed by atoms with Crippen LogP contribution >= 0.6 is 11.8 Å². The van der Waals surface area contributed by atoms with Crippen LogP contribution in [-0.2, 0) is 11.2 Å². The van der Waals surface area contributed by atoms with Crippen LogP contribution in [0.15, 0.2) is 30.3 Å². The normalized spacial score (nSPS) is 15.4. The lowest BCUT2D eigenvalue weighted by Crippen LogP contribution is -2.27. The van der Waals surface area contributed by atoms with Crippen molar-refractivity contribution in [2.75, 3.05) is 18.2 Å². The number of hydrogen-bond acceptors (Lipinski definition) is 2. The van der Waals surface area contributed by atoms with Crippen molar-refractivity contribution in [2.45, 2.75) is 19.3 Å². The maximum atomic E-state index is 11.7. The van der Waals surface area contributed by atoms with Gasteiger partial charge in [-0.2, -0.15) is 0 Å². The number of thioether (sulfide) groups is 1. The first-order valence-electron chi connectivity index (χ1n) is 5.76. The third-order valence-electron chi connectivity index (χ3n) is 2.80. The largest absolute Gasteiger partial charge is 0.333 e. The van der Waals surface area contributed by atoms with E-state index in [0.717, 1.165) is 31.0 Å². The molecule has 0 aromatic heterocycles. The van der Waals surface area contributed by atoms with E-state index in [-0.39, 0.29) is 0 Å². The fourth-order valence-corrected chi connectivity index (χ4v) is 2.83. The quantitative estimate of drug-likeness (QED) is 0.799. The molecule has 1 heterocycles. The molecule has 86 valence electrons. The van der Waals surface area contributed by atoms with Crippen molar-refractivity contribution in [1.82, 2.24) is 4.90 Å². The molecule has 1 fully saturated rings. The molecule has 1 saturated heterocycles. The van der Waals surface area contributed by atoms with E-state index >= 15 is 0 Å². The van der Waals surface area contributed by atoms with Crippen LogP contribution in [0.5, 0.6) is 0 Å². The van der Waals surface area contributed by atoms with E-state index in [1.165, 1.54) is 5.56 Å². The van der Waals surface area contributed by atoms with E-state index in [1.54, 1.807) is 0 Å². The smallest absolute Gasteiger partial charge is 0.223 e. The zero-order chi connectivity index (χ0) is 11.2. The first-order valence-corrected chi connectivity index (χ1v) is 6.91. The third-order valence-corrected chi connectivity index (χ3v) is 3.77. The van der Waals surface area contributed by atoms with Gasteiger partial charge in [-0.05, 0) is 18.4 Å². The van der Waals surface area contributed by atoms with Gasteiger partial charge in [0.15, 0.2) is 0 Å². The van der Waals surface area contributed by atoms with E-state index < -0.39 is 0 Å². The molecular formula is C13H17NOS. The molecule has 16 heavy (non-hydrogen) atoms. The molecule has 1 aliphatic rings. The number of carbonyl (C=O) groups is 1. The Morgan fingerprint density at radius 2 is 2.12 bits per heavy atom. The Morgan fingerprint density at radius 3 is 2.81 bits per heavy atom. The second-order valence-electron chi connectivity index (χ2n) is 4.03. The van der Waals surface area contributed by atoms with Crippen LogP contribution in [-0.4, -0.2) is 29.0 Å². The molecule has 1 amide bonds. The molecule has 0 spiro atoms. The molecule has 1 aromatic carbocycles. The summed E-state index contributed by atoms with van der Waals surface area (Å²) in [4.78, 5) is 13.7. The first-order chi connectivity index (χ1) is 7.86. The molecule has 0 N–H and O–H groups in total. The van der Waals surface area contributed by atoms with Gasteiger partial charge in [0.2, 0.25) is 5.91 Å². The number of benzene rings is 1. The van der Waals surface area contributed by atoms with Gasteiger partial charge in [-0.3, -0.25) is 4.79 Å². The van der Waals surface area contributed by atoms with Gasteiger partial charge in [0.1, 0.15) is 0 Å². The Bertz CT molecular complexity index is 333. The fraction of sp³-hybridized carbons (Fsp3) is 0.462. The Kier molecular flexibility index (Phi) is 4.28. The molecule has 0 radical (unpaired) electrons. The SMILES string of the molecule is O=C(CCCc1ccccc1)N1CCSC1. The lowest BCUT2D eigenvalue weighted by molar-refractivity contribution is -0.129. The third kappa shape index (κ3) is 3.27. The maximum absolute atomic E-state index is 11.7. The highest BCUT2D eigenvalue weighted by Crippen LogP contribution is 2.15. The zero-order valence-corrected chi connectivity index (χ0v) is 10.2. The lowest BCUT2D eigenvalue weighted by atomic mass is 10.1. The summed E-state index contributed by atoms with van der Waals surface area (Å²) in [5, 5.41) is 0. The molecule has 1 aromatic rings. The Hall–Kier alpha value is -0.960. The van der Waals surface area contributed by atoms with Crippen molar-refractivity contribution in [2.24, 2.45) is 0 Å². The minimum absolute atomic E-state index is 0.320. The van der Waals surface area contributed by atoms with Crippen LogP contribution in [0.3, 0.4) is 0 Å². The number of carbonyl (C=O) groups excluding carboxylic acids is 1. The highest BCUT2D eigenvalue weighted by molar-refractivity contribution is 7.99. The highest BCUT2D eigenvalue weighted by atomic mass is 32.2. The van der Waals surface area contributed by atoms with Crippen LogP contribution in [0.25, 0.3) is 0 Å². The summed E-state index contributed by atoms with van der Waals surface area (Å²) in [5.74, 6) is 2.31. The molecule has 0 saturated carbocycles. The molecule has 2 nitrogen and oxygen atoms in total. The van der Waals surface area contributed by atoms with E-state index in [9.17, 15) is 4.79 Å². The Morgan fingerprint density at radius 1 is 1.31 bits per heavy atom. The number of amides is 1. The number of aryl methyl sites for hydroxylation is 1. The fourth-order valence-electron chi connectivity index (χ4n) is 1.86. The van der Waals surface area contributed by atoms with Crippen LogP contribution in [0.2, 0.25) is 0 Å². The van der Waals surface area contributed by atoms with Crippen molar-refractivity contribution in [1.29, 1.82) is 0 Å². The summed E-state index contributed by atoms with van der Waals surface area (Å²) in [6.45, 7) is 0.939. The second kappa shape index (κ2) is 5.94. The van der Waals surface area contributed by atoms with E-state index in [4.69, 9.17) is 0 Å². The molecule has 0 bridgehead atoms. The summed E-state index contributed by atoms with van der Waals surface area (Å²) in [6, 6.07) is 10.4. The minimum Gasteiger partial charge on any atom is -0.333 e. The van der Waals surface area contributed by atoms with E-state index in [0.29, 0.717) is 12.3 Å². The lowest BCUT2D eigenvalue weighted by Gasteiger charge is -2.13. The molecule has 2 rings (SSSR count). The van der Waals surface area contributed by atoms with Crippen LogP contribution in [0.1, 0.15) is 18.4 Å². The standard InChI is InChI=1S/C13H17NOS/c15-13(14-9-10-16-11-14)8-4-7-12-5-2-1-3-6-12/h1-3,5-6H,4,7-11H2. The predicted molar refractivity (Wildman–Crippen MR) is 68.4 cm³/mol. The zero-order valence-electron chi connectivity index (χ0n) is 9.39. The Labute approximate surface area is 101 Å². The van der Waals surface area contributed by atoms with Crippen molar-refractivity contribution in [3.05, 3.63) is 35.9 Å². The minimum atomic E-state index is 0.320. The average molecular weight is 235 g/mol. The van der Waals surface area contributed by atoms with Gasteiger partial charge in [0, 0.05) is 18.7 Å². The molecule has 3 heteroatoms. The molecule has 0 unspecified atom stereocenters. The Balaban J connectivity index is 1.70. The number of rotatable bonds is 4. The van der Waals surface area contributed by atoms with Crippen molar-refractivity contribution >= 4 is 17.7 Å². The number of hydrogen-bond donors (Lipinski definition) is 0. The van der Waals surface area contributed by atoms with Gasteiger partial charge < -0.3 is 4.90 Å². The van der Waals surface area contributed by atoms with Crippen LogP contribution in [0.4, 0.5) is 0 Å². The first kappa shape index (κ1) is 11.5. The van der Waals surface area contributed by atoms with Gasteiger partial charge in [-0.25, -0.2) is 0 Å². The molecule has 1 aliphatic heterocycles. The second-order valence-corrected chi connectivity index (χ2v) is 5.11. The van der Waals surface area contributed by atoms with Crippen molar-refractivity contribution < 1.29 is 4.79 Å². The van der Waals surface area contributed by atoms with Crippen LogP contribution < -0.4 is 0 Å². The highest BCUT2D eigenvalue weighted by Gasteiger charge is 2.17. The maximum Gasteiger partial charge on any atom is 0.223 e. The van der Waals surface area contributed by atoms with E-state index in [2.05, 4.69) is 12.1 Å². The van der Waals surface area contributed by atoms with Crippen molar-refractivity contribution in [3.63, 3.8) is 0 Å². The van der Waals surface area contributed by atoms with Gasteiger partial charge in [0.05, 0.1) is 5.88 Å².